The summed E-state index contributed by atoms with van der Waals surface area (Å²) in [6, 6.07) is 7.58. The third-order valence-electron chi connectivity index (χ3n) is 3.52. The monoisotopic (exact) mass is 267 g/mol. The molecular weight excluding hydrogens is 246 g/mol. The largest absolute Gasteiger partial charge is 0.303 e. The van der Waals surface area contributed by atoms with Gasteiger partial charge in [0, 0.05) is 29.6 Å². The van der Waals surface area contributed by atoms with Gasteiger partial charge in [-0.05, 0) is 44.2 Å². The normalized spacial score (nSPS) is 13.1. The molecule has 0 heterocycles. The van der Waals surface area contributed by atoms with E-state index in [0.29, 0.717) is 23.4 Å². The quantitative estimate of drug-likeness (QED) is 0.729. The topological polar surface area (TPSA) is 20.3 Å². The molecule has 18 heavy (non-hydrogen) atoms. The summed E-state index contributed by atoms with van der Waals surface area (Å²) >= 11 is 5.80. The fraction of sp³-hybridized carbons (Fsp3) is 0.533. The Hall–Kier alpha value is -0.860. The van der Waals surface area contributed by atoms with Gasteiger partial charge in [0.1, 0.15) is 0 Å². The number of carbonyl (C=O) groups excluding carboxylic acids is 1. The van der Waals surface area contributed by atoms with Gasteiger partial charge in [-0.3, -0.25) is 4.79 Å². The SMILES string of the molecule is CC(C)C(C)N(C)CCC(=O)c1ccc(Cl)cc1. The van der Waals surface area contributed by atoms with Crippen molar-refractivity contribution < 1.29 is 4.79 Å². The molecule has 0 aliphatic carbocycles. The van der Waals surface area contributed by atoms with Crippen LogP contribution in [0.1, 0.15) is 37.6 Å². The molecule has 0 saturated heterocycles. The van der Waals surface area contributed by atoms with E-state index < -0.39 is 0 Å². The fourth-order valence-electron chi connectivity index (χ4n) is 1.77. The summed E-state index contributed by atoms with van der Waals surface area (Å²) in [6.07, 6.45) is 0.551. The minimum atomic E-state index is 0.175. The molecule has 0 bridgehead atoms. The second-order valence-electron chi connectivity index (χ2n) is 5.15. The lowest BCUT2D eigenvalue weighted by Gasteiger charge is -2.27. The molecule has 1 aromatic rings. The number of hydrogen-bond donors (Lipinski definition) is 0. The second kappa shape index (κ2) is 6.91. The number of halogens is 1. The molecule has 0 spiro atoms. The zero-order valence-corrected chi connectivity index (χ0v) is 12.4. The minimum absolute atomic E-state index is 0.175. The van der Waals surface area contributed by atoms with E-state index in [1.165, 1.54) is 0 Å². The Labute approximate surface area is 115 Å². The first-order chi connectivity index (χ1) is 8.41. The van der Waals surface area contributed by atoms with Crippen molar-refractivity contribution in [2.24, 2.45) is 5.92 Å². The van der Waals surface area contributed by atoms with Crippen molar-refractivity contribution in [2.75, 3.05) is 13.6 Å². The highest BCUT2D eigenvalue weighted by atomic mass is 35.5. The fourth-order valence-corrected chi connectivity index (χ4v) is 1.90. The first-order valence-corrected chi connectivity index (χ1v) is 6.78. The summed E-state index contributed by atoms with van der Waals surface area (Å²) in [5.41, 5.74) is 0.741. The Morgan fingerprint density at radius 2 is 1.78 bits per heavy atom. The highest BCUT2D eigenvalue weighted by Gasteiger charge is 2.14. The molecular formula is C15H22ClNO. The first-order valence-electron chi connectivity index (χ1n) is 6.41. The zero-order valence-electron chi connectivity index (χ0n) is 11.6. The van der Waals surface area contributed by atoms with Gasteiger partial charge in [0.05, 0.1) is 0 Å². The van der Waals surface area contributed by atoms with Gasteiger partial charge in [0.2, 0.25) is 0 Å². The summed E-state index contributed by atoms with van der Waals surface area (Å²) in [4.78, 5) is 14.2. The van der Waals surface area contributed by atoms with Crippen LogP contribution in [-0.2, 0) is 0 Å². The number of Topliss-reactive ketones (excluding diaryl/α,β-unsaturated/α-hetero) is 1. The van der Waals surface area contributed by atoms with Crippen LogP contribution in [0.25, 0.3) is 0 Å². The summed E-state index contributed by atoms with van der Waals surface area (Å²) in [5, 5.41) is 0.664. The van der Waals surface area contributed by atoms with Gasteiger partial charge in [0.15, 0.2) is 5.78 Å². The summed E-state index contributed by atoms with van der Waals surface area (Å²) in [6.45, 7) is 7.38. The highest BCUT2D eigenvalue weighted by molar-refractivity contribution is 6.30. The van der Waals surface area contributed by atoms with E-state index in [1.54, 1.807) is 24.3 Å². The third-order valence-corrected chi connectivity index (χ3v) is 3.77. The number of nitrogens with zero attached hydrogens (tertiary/aromatic N) is 1. The number of rotatable bonds is 6. The molecule has 0 amide bonds. The van der Waals surface area contributed by atoms with E-state index >= 15 is 0 Å². The van der Waals surface area contributed by atoms with Gasteiger partial charge in [-0.1, -0.05) is 25.4 Å². The lowest BCUT2D eigenvalue weighted by atomic mass is 10.0. The summed E-state index contributed by atoms with van der Waals surface area (Å²) in [7, 11) is 2.07. The van der Waals surface area contributed by atoms with Gasteiger partial charge >= 0.3 is 0 Å². The Balaban J connectivity index is 2.49. The smallest absolute Gasteiger partial charge is 0.164 e. The summed E-state index contributed by atoms with van der Waals surface area (Å²) < 4.78 is 0. The maximum absolute atomic E-state index is 12.0. The van der Waals surface area contributed by atoms with E-state index in [9.17, 15) is 4.79 Å². The van der Waals surface area contributed by atoms with Crippen molar-refractivity contribution in [3.8, 4) is 0 Å². The maximum Gasteiger partial charge on any atom is 0.164 e. The maximum atomic E-state index is 12.0. The minimum Gasteiger partial charge on any atom is -0.303 e. The molecule has 0 saturated carbocycles. The molecule has 1 atom stereocenters. The first kappa shape index (κ1) is 15.2. The van der Waals surface area contributed by atoms with Gasteiger partial charge in [-0.15, -0.1) is 0 Å². The van der Waals surface area contributed by atoms with Crippen molar-refractivity contribution in [1.82, 2.24) is 4.90 Å². The van der Waals surface area contributed by atoms with Gasteiger partial charge in [-0.25, -0.2) is 0 Å². The van der Waals surface area contributed by atoms with Crippen LogP contribution in [0.15, 0.2) is 24.3 Å². The van der Waals surface area contributed by atoms with Crippen molar-refractivity contribution in [3.05, 3.63) is 34.9 Å². The third kappa shape index (κ3) is 4.43. The summed E-state index contributed by atoms with van der Waals surface area (Å²) in [5.74, 6) is 0.773. The Bertz CT molecular complexity index is 386. The standard InChI is InChI=1S/C15H22ClNO/c1-11(2)12(3)17(4)10-9-15(18)13-5-7-14(16)8-6-13/h5-8,11-12H,9-10H2,1-4H3. The lowest BCUT2D eigenvalue weighted by Crippen LogP contribution is -2.34. The molecule has 1 rings (SSSR count). The van der Waals surface area contributed by atoms with Crippen LogP contribution in [-0.4, -0.2) is 30.3 Å². The molecule has 100 valence electrons. The van der Waals surface area contributed by atoms with Crippen molar-refractivity contribution >= 4 is 17.4 Å². The van der Waals surface area contributed by atoms with Crippen LogP contribution in [0.5, 0.6) is 0 Å². The predicted octanol–water partition coefficient (Wildman–Crippen LogP) is 3.89. The van der Waals surface area contributed by atoms with E-state index in [-0.39, 0.29) is 5.78 Å². The Morgan fingerprint density at radius 1 is 1.22 bits per heavy atom. The molecule has 0 radical (unpaired) electrons. The number of carbonyl (C=O) groups is 1. The van der Waals surface area contributed by atoms with Crippen molar-refractivity contribution in [2.45, 2.75) is 33.2 Å². The molecule has 0 aliphatic rings. The molecule has 1 unspecified atom stereocenters. The van der Waals surface area contributed by atoms with E-state index in [1.807, 2.05) is 0 Å². The number of hydrogen-bond acceptors (Lipinski definition) is 2. The van der Waals surface area contributed by atoms with Crippen LogP contribution in [0.2, 0.25) is 5.02 Å². The second-order valence-corrected chi connectivity index (χ2v) is 5.58. The van der Waals surface area contributed by atoms with Crippen LogP contribution >= 0.6 is 11.6 Å². The van der Waals surface area contributed by atoms with Crippen molar-refractivity contribution in [3.63, 3.8) is 0 Å². The average molecular weight is 268 g/mol. The highest BCUT2D eigenvalue weighted by Crippen LogP contribution is 2.13. The average Bonchev–Trinajstić information content (AvgIpc) is 2.35. The number of benzene rings is 1. The lowest BCUT2D eigenvalue weighted by molar-refractivity contribution is 0.0955. The molecule has 1 aromatic carbocycles. The Kier molecular flexibility index (Phi) is 5.83. The van der Waals surface area contributed by atoms with Crippen molar-refractivity contribution in [1.29, 1.82) is 0 Å². The van der Waals surface area contributed by atoms with Crippen LogP contribution < -0.4 is 0 Å². The van der Waals surface area contributed by atoms with E-state index in [4.69, 9.17) is 11.6 Å². The van der Waals surface area contributed by atoms with E-state index in [2.05, 4.69) is 32.7 Å². The van der Waals surface area contributed by atoms with E-state index in [0.717, 1.165) is 12.1 Å². The predicted molar refractivity (Wildman–Crippen MR) is 77.3 cm³/mol. The van der Waals surface area contributed by atoms with Crippen LogP contribution in [0.3, 0.4) is 0 Å². The zero-order chi connectivity index (χ0) is 13.7. The molecule has 3 heteroatoms. The van der Waals surface area contributed by atoms with Gasteiger partial charge in [0.25, 0.3) is 0 Å². The molecule has 2 nitrogen and oxygen atoms in total. The van der Waals surface area contributed by atoms with Crippen LogP contribution in [0.4, 0.5) is 0 Å². The number of ketones is 1. The molecule has 0 fully saturated rings. The molecule has 0 aliphatic heterocycles. The van der Waals surface area contributed by atoms with Crippen LogP contribution in [0, 0.1) is 5.92 Å². The van der Waals surface area contributed by atoms with Gasteiger partial charge < -0.3 is 4.90 Å². The molecule has 0 N–H and O–H groups in total. The molecule has 0 aromatic heterocycles. The Morgan fingerprint density at radius 3 is 2.28 bits per heavy atom. The van der Waals surface area contributed by atoms with Gasteiger partial charge in [-0.2, -0.15) is 0 Å².